The number of carbonyl (C=O) groups excluding carboxylic acids is 1. The molecule has 2 aromatic rings. The third-order valence-electron chi connectivity index (χ3n) is 5.22. The molecule has 1 saturated heterocycles. The monoisotopic (exact) mass is 423 g/mol. The lowest BCUT2D eigenvalue weighted by Crippen LogP contribution is -2.51. The maximum atomic E-state index is 14.7. The van der Waals surface area contributed by atoms with Crippen molar-refractivity contribution >= 4 is 23.3 Å². The van der Waals surface area contributed by atoms with E-state index in [0.29, 0.717) is 23.7 Å². The fourth-order valence-electron chi connectivity index (χ4n) is 3.67. The van der Waals surface area contributed by atoms with Gasteiger partial charge in [-0.05, 0) is 37.2 Å². The molecule has 156 valence electrons. The molecule has 0 aliphatic carbocycles. The summed E-state index contributed by atoms with van der Waals surface area (Å²) in [5.74, 6) is -1.74. The Balaban J connectivity index is 1.80. The highest BCUT2D eigenvalue weighted by molar-refractivity contribution is 6.30. The molecule has 5 nitrogen and oxygen atoms in total. The van der Waals surface area contributed by atoms with E-state index in [4.69, 9.17) is 16.3 Å². The van der Waals surface area contributed by atoms with Crippen LogP contribution in [0.3, 0.4) is 0 Å². The molecule has 1 heterocycles. The normalized spacial score (nSPS) is 19.6. The summed E-state index contributed by atoms with van der Waals surface area (Å²) in [6.45, 7) is 3.94. The molecule has 0 bridgehead atoms. The zero-order valence-electron chi connectivity index (χ0n) is 16.3. The highest BCUT2D eigenvalue weighted by Gasteiger charge is 2.35. The number of ether oxygens (including phenoxy) is 1. The van der Waals surface area contributed by atoms with Gasteiger partial charge in [0.15, 0.2) is 0 Å². The van der Waals surface area contributed by atoms with E-state index in [1.54, 1.807) is 24.3 Å². The van der Waals surface area contributed by atoms with Crippen LogP contribution in [-0.2, 0) is 0 Å². The molecule has 0 radical (unpaired) electrons. The van der Waals surface area contributed by atoms with E-state index < -0.39 is 29.6 Å². The molecule has 1 aliphatic rings. The van der Waals surface area contributed by atoms with E-state index in [2.05, 4.69) is 15.5 Å². The minimum absolute atomic E-state index is 0.0271. The molecule has 1 aliphatic heterocycles. The molecular formula is C21H24ClF2N3O2. The molecule has 0 spiro atoms. The average molecular weight is 424 g/mol. The van der Waals surface area contributed by atoms with E-state index in [1.807, 2.05) is 6.92 Å². The van der Waals surface area contributed by atoms with Crippen LogP contribution in [0.15, 0.2) is 36.4 Å². The number of piperidine rings is 1. The number of likely N-dealkylation sites (N-methyl/N-ethyl adjacent to an activating group) is 1. The number of urea groups is 1. The third-order valence-corrected chi connectivity index (χ3v) is 5.47. The number of amides is 2. The number of rotatable bonds is 5. The second-order valence-corrected chi connectivity index (χ2v) is 7.44. The molecule has 0 aromatic heterocycles. The minimum Gasteiger partial charge on any atom is -0.497 e. The molecule has 2 aromatic carbocycles. The maximum absolute atomic E-state index is 14.7. The van der Waals surface area contributed by atoms with Crippen LogP contribution < -0.4 is 15.4 Å². The van der Waals surface area contributed by atoms with Gasteiger partial charge in [0.05, 0.1) is 7.11 Å². The number of hydrogen-bond acceptors (Lipinski definition) is 3. The van der Waals surface area contributed by atoms with E-state index in [1.165, 1.54) is 19.2 Å². The second kappa shape index (κ2) is 9.41. The van der Waals surface area contributed by atoms with Crippen molar-refractivity contribution in [3.63, 3.8) is 0 Å². The molecule has 8 heteroatoms. The van der Waals surface area contributed by atoms with Crippen molar-refractivity contribution in [3.05, 3.63) is 58.6 Å². The largest absolute Gasteiger partial charge is 0.497 e. The Hall–Kier alpha value is -2.38. The lowest BCUT2D eigenvalue weighted by molar-refractivity contribution is 0.177. The van der Waals surface area contributed by atoms with Crippen molar-refractivity contribution in [3.8, 4) is 5.75 Å². The molecule has 2 atom stereocenters. The number of likely N-dealkylation sites (tertiary alicyclic amines) is 1. The third kappa shape index (κ3) is 5.16. The van der Waals surface area contributed by atoms with Gasteiger partial charge in [0.25, 0.3) is 0 Å². The molecule has 29 heavy (non-hydrogen) atoms. The Morgan fingerprint density at radius 1 is 1.24 bits per heavy atom. The van der Waals surface area contributed by atoms with Crippen LogP contribution in [0.5, 0.6) is 5.75 Å². The Morgan fingerprint density at radius 3 is 2.48 bits per heavy atom. The topological polar surface area (TPSA) is 53.6 Å². The molecule has 3 rings (SSSR count). The van der Waals surface area contributed by atoms with Gasteiger partial charge in [-0.15, -0.1) is 0 Å². The summed E-state index contributed by atoms with van der Waals surface area (Å²) in [7, 11) is 1.36. The predicted molar refractivity (Wildman–Crippen MR) is 110 cm³/mol. The van der Waals surface area contributed by atoms with Crippen molar-refractivity contribution in [1.29, 1.82) is 0 Å². The highest BCUT2D eigenvalue weighted by Crippen LogP contribution is 2.33. The lowest BCUT2D eigenvalue weighted by Gasteiger charge is -2.39. The Labute approximate surface area is 174 Å². The van der Waals surface area contributed by atoms with Crippen LogP contribution in [0.4, 0.5) is 19.3 Å². The number of halogens is 3. The quantitative estimate of drug-likeness (QED) is 0.737. The van der Waals surface area contributed by atoms with Gasteiger partial charge in [-0.1, -0.05) is 18.5 Å². The van der Waals surface area contributed by atoms with Gasteiger partial charge in [-0.2, -0.15) is 0 Å². The van der Waals surface area contributed by atoms with Crippen molar-refractivity contribution < 1.29 is 18.3 Å². The molecule has 0 saturated carbocycles. The SMILES string of the molecule is CCN1CCC(NC(=O)Nc2ccc(Cl)cc2)C(c2c(F)cc(OC)cc2F)C1. The zero-order valence-corrected chi connectivity index (χ0v) is 17.1. The van der Waals surface area contributed by atoms with Gasteiger partial charge in [0.2, 0.25) is 0 Å². The Morgan fingerprint density at radius 2 is 1.90 bits per heavy atom. The summed E-state index contributed by atoms with van der Waals surface area (Å²) >= 11 is 5.86. The van der Waals surface area contributed by atoms with Crippen molar-refractivity contribution in [1.82, 2.24) is 10.2 Å². The summed E-state index contributed by atoms with van der Waals surface area (Å²) in [4.78, 5) is 14.6. The Kier molecular flexibility index (Phi) is 6.92. The van der Waals surface area contributed by atoms with E-state index in [-0.39, 0.29) is 11.3 Å². The van der Waals surface area contributed by atoms with Crippen LogP contribution >= 0.6 is 11.6 Å². The summed E-state index contributed by atoms with van der Waals surface area (Å²) in [6, 6.07) is 8.21. The molecule has 2 unspecified atom stereocenters. The lowest BCUT2D eigenvalue weighted by atomic mass is 9.85. The summed E-state index contributed by atoms with van der Waals surface area (Å²) in [6.07, 6.45) is 0.581. The van der Waals surface area contributed by atoms with E-state index in [0.717, 1.165) is 13.1 Å². The first-order valence-corrected chi connectivity index (χ1v) is 9.87. The predicted octanol–water partition coefficient (Wildman–Crippen LogP) is 4.63. The minimum atomic E-state index is -0.672. The number of carbonyl (C=O) groups is 1. The average Bonchev–Trinajstić information content (AvgIpc) is 2.70. The van der Waals surface area contributed by atoms with Gasteiger partial charge in [-0.25, -0.2) is 13.6 Å². The van der Waals surface area contributed by atoms with E-state index in [9.17, 15) is 13.6 Å². The van der Waals surface area contributed by atoms with Crippen LogP contribution in [0.25, 0.3) is 0 Å². The number of nitrogens with zero attached hydrogens (tertiary/aromatic N) is 1. The first-order valence-electron chi connectivity index (χ1n) is 9.49. The Bertz CT molecular complexity index is 840. The fraction of sp³-hybridized carbons (Fsp3) is 0.381. The van der Waals surface area contributed by atoms with Crippen molar-refractivity contribution in [2.45, 2.75) is 25.3 Å². The standard InChI is InChI=1S/C21H24ClF2N3O2/c1-3-27-9-8-19(26-21(28)25-14-6-4-13(22)5-7-14)16(12-27)20-17(23)10-15(29-2)11-18(20)24/h4-7,10-11,16,19H,3,8-9,12H2,1-2H3,(H2,25,26,28). The smallest absolute Gasteiger partial charge is 0.319 e. The number of hydrogen-bond donors (Lipinski definition) is 2. The molecular weight excluding hydrogens is 400 g/mol. The van der Waals surface area contributed by atoms with Gasteiger partial charge in [-0.3, -0.25) is 0 Å². The summed E-state index contributed by atoms with van der Waals surface area (Å²) < 4.78 is 34.4. The first kappa shape index (κ1) is 21.3. The number of methoxy groups -OCH3 is 1. The highest BCUT2D eigenvalue weighted by atomic mass is 35.5. The number of benzene rings is 2. The molecule has 1 fully saturated rings. The van der Waals surface area contributed by atoms with Crippen LogP contribution in [-0.4, -0.2) is 43.7 Å². The summed E-state index contributed by atoms with van der Waals surface area (Å²) in [5, 5.41) is 6.18. The van der Waals surface area contributed by atoms with Gasteiger partial charge >= 0.3 is 6.03 Å². The zero-order chi connectivity index (χ0) is 21.0. The second-order valence-electron chi connectivity index (χ2n) is 7.00. The van der Waals surface area contributed by atoms with Gasteiger partial charge in [0, 0.05) is 53.5 Å². The number of nitrogens with one attached hydrogen (secondary N) is 2. The molecule has 2 amide bonds. The van der Waals surface area contributed by atoms with Crippen molar-refractivity contribution in [2.24, 2.45) is 0 Å². The molecule has 2 N–H and O–H groups in total. The van der Waals surface area contributed by atoms with Crippen LogP contribution in [0, 0.1) is 11.6 Å². The van der Waals surface area contributed by atoms with Gasteiger partial charge < -0.3 is 20.3 Å². The van der Waals surface area contributed by atoms with Gasteiger partial charge in [0.1, 0.15) is 17.4 Å². The van der Waals surface area contributed by atoms with E-state index >= 15 is 0 Å². The van der Waals surface area contributed by atoms with Crippen LogP contribution in [0.1, 0.15) is 24.8 Å². The van der Waals surface area contributed by atoms with Crippen LogP contribution in [0.2, 0.25) is 5.02 Å². The maximum Gasteiger partial charge on any atom is 0.319 e. The summed E-state index contributed by atoms with van der Waals surface area (Å²) in [5.41, 5.74) is 0.553. The first-order chi connectivity index (χ1) is 13.9. The fourth-order valence-corrected chi connectivity index (χ4v) is 3.80. The number of anilines is 1. The van der Waals surface area contributed by atoms with Crippen molar-refractivity contribution in [2.75, 3.05) is 32.1 Å².